The number of amides is 1. The minimum absolute atomic E-state index is 0.0544. The average molecular weight is 551 g/mol. The highest BCUT2D eigenvalue weighted by Crippen LogP contribution is 2.27. The molecule has 1 aliphatic heterocycles. The van der Waals surface area contributed by atoms with Crippen molar-refractivity contribution >= 4 is 16.8 Å². The highest BCUT2D eigenvalue weighted by Gasteiger charge is 2.21. The highest BCUT2D eigenvalue weighted by molar-refractivity contribution is 5.94. The number of rotatable bonds is 8. The van der Waals surface area contributed by atoms with Crippen molar-refractivity contribution in [3.8, 4) is 5.75 Å². The van der Waals surface area contributed by atoms with Gasteiger partial charge >= 0.3 is 0 Å². The number of nitrogens with zero attached hydrogens (tertiary/aromatic N) is 3. The Labute approximate surface area is 229 Å². The Bertz CT molecular complexity index is 1600. The topological polar surface area (TPSA) is 76.5 Å². The van der Waals surface area contributed by atoms with Gasteiger partial charge in [-0.05, 0) is 80.5 Å². The van der Waals surface area contributed by atoms with Crippen LogP contribution in [0.5, 0.6) is 5.75 Å². The monoisotopic (exact) mass is 550 g/mol. The van der Waals surface area contributed by atoms with E-state index in [4.69, 9.17) is 4.74 Å². The molecule has 7 nitrogen and oxygen atoms in total. The number of fused-ring (bicyclic) bond motifs is 1. The van der Waals surface area contributed by atoms with Crippen molar-refractivity contribution in [2.45, 2.75) is 25.9 Å². The largest absolute Gasteiger partial charge is 0.492 e. The lowest BCUT2D eigenvalue weighted by molar-refractivity contribution is 0.0948. The molecule has 3 heterocycles. The Morgan fingerprint density at radius 2 is 1.93 bits per heavy atom. The number of halogens is 3. The summed E-state index contributed by atoms with van der Waals surface area (Å²) < 4.78 is 48.2. The third-order valence-corrected chi connectivity index (χ3v) is 7.31. The van der Waals surface area contributed by atoms with Crippen LogP contribution < -0.4 is 15.6 Å². The molecule has 1 unspecified atom stereocenters. The van der Waals surface area contributed by atoms with Gasteiger partial charge in [-0.2, -0.15) is 0 Å². The van der Waals surface area contributed by atoms with Gasteiger partial charge in [-0.1, -0.05) is 6.07 Å². The molecule has 0 saturated carbocycles. The number of likely N-dealkylation sites (tertiary alicyclic amines) is 1. The minimum atomic E-state index is -1.58. The molecule has 1 amide bonds. The van der Waals surface area contributed by atoms with Crippen LogP contribution in [0.3, 0.4) is 0 Å². The first-order chi connectivity index (χ1) is 19.2. The molecule has 1 saturated heterocycles. The molecule has 10 heteroatoms. The summed E-state index contributed by atoms with van der Waals surface area (Å²) in [5, 5.41) is 3.59. The normalized spacial score (nSPS) is 16.3. The van der Waals surface area contributed by atoms with Crippen LogP contribution in [0.2, 0.25) is 0 Å². The van der Waals surface area contributed by atoms with Gasteiger partial charge in [-0.3, -0.25) is 14.6 Å². The maximum Gasteiger partial charge on any atom is 0.263 e. The molecule has 0 radical (unpaired) electrons. The first-order valence-electron chi connectivity index (χ1n) is 13.0. The lowest BCUT2D eigenvalue weighted by Gasteiger charge is -2.17. The van der Waals surface area contributed by atoms with E-state index in [1.165, 1.54) is 29.8 Å². The van der Waals surface area contributed by atoms with Gasteiger partial charge in [-0.15, -0.1) is 0 Å². The summed E-state index contributed by atoms with van der Waals surface area (Å²) >= 11 is 0. The molecule has 1 aliphatic rings. The van der Waals surface area contributed by atoms with Crippen LogP contribution in [0.25, 0.3) is 10.9 Å². The molecule has 208 valence electrons. The Balaban J connectivity index is 1.30. The predicted octanol–water partition coefficient (Wildman–Crippen LogP) is 4.68. The van der Waals surface area contributed by atoms with Gasteiger partial charge in [0, 0.05) is 36.8 Å². The van der Waals surface area contributed by atoms with E-state index >= 15 is 0 Å². The Morgan fingerprint density at radius 1 is 1.15 bits per heavy atom. The molecule has 0 bridgehead atoms. The first-order valence-corrected chi connectivity index (χ1v) is 13.0. The molecule has 40 heavy (non-hydrogen) atoms. The maximum absolute atomic E-state index is 13.8. The van der Waals surface area contributed by atoms with Crippen molar-refractivity contribution in [1.29, 1.82) is 0 Å². The molecule has 5 rings (SSSR count). The van der Waals surface area contributed by atoms with Crippen LogP contribution in [0.1, 0.15) is 40.9 Å². The predicted molar refractivity (Wildman–Crippen MR) is 145 cm³/mol. The second-order valence-electron chi connectivity index (χ2n) is 10.2. The summed E-state index contributed by atoms with van der Waals surface area (Å²) in [5.41, 5.74) is 0.837. The summed E-state index contributed by atoms with van der Waals surface area (Å²) in [5.74, 6) is -3.70. The number of carbonyl (C=O) groups excluding carboxylic acids is 1. The Morgan fingerprint density at radius 3 is 2.65 bits per heavy atom. The number of ether oxygens (including phenoxy) is 1. The van der Waals surface area contributed by atoms with Crippen LogP contribution in [-0.4, -0.2) is 47.1 Å². The molecule has 2 aromatic carbocycles. The van der Waals surface area contributed by atoms with Crippen molar-refractivity contribution in [3.05, 3.63) is 105 Å². The number of carbonyl (C=O) groups is 1. The summed E-state index contributed by atoms with van der Waals surface area (Å²) in [6.07, 6.45) is 4.20. The highest BCUT2D eigenvalue weighted by atomic mass is 19.2. The van der Waals surface area contributed by atoms with E-state index in [9.17, 15) is 22.8 Å². The van der Waals surface area contributed by atoms with E-state index in [-0.39, 0.29) is 17.7 Å². The summed E-state index contributed by atoms with van der Waals surface area (Å²) in [6.45, 7) is 4.35. The van der Waals surface area contributed by atoms with Gasteiger partial charge in [0.25, 0.3) is 11.5 Å². The standard InChI is InChI=1S/C30H29F3N4O3/c1-18(21-13-24(31)28(33)25(32)14-21)37-10-3-4-22(30(37)39)29(38)35-15-19-5-6-26-23(12-19)27(7-9-34-26)40-17-20-8-11-36(2)16-20/h3-7,9-10,12-14,18,20H,8,11,15-17H2,1-2H3,(H,35,38)/t18?,20-/m0/s1. The minimum Gasteiger partial charge on any atom is -0.492 e. The number of hydrogen-bond acceptors (Lipinski definition) is 5. The quantitative estimate of drug-likeness (QED) is 0.323. The van der Waals surface area contributed by atoms with Gasteiger partial charge in [0.05, 0.1) is 18.2 Å². The van der Waals surface area contributed by atoms with Gasteiger partial charge < -0.3 is 19.5 Å². The third-order valence-electron chi connectivity index (χ3n) is 7.31. The fourth-order valence-electron chi connectivity index (χ4n) is 5.02. The van der Waals surface area contributed by atoms with Crippen LogP contribution in [0.4, 0.5) is 13.2 Å². The van der Waals surface area contributed by atoms with Gasteiger partial charge in [0.2, 0.25) is 0 Å². The zero-order chi connectivity index (χ0) is 28.4. The second kappa shape index (κ2) is 11.5. The van der Waals surface area contributed by atoms with E-state index in [0.29, 0.717) is 12.5 Å². The molecule has 4 aromatic rings. The number of hydrogen-bond donors (Lipinski definition) is 1. The lowest BCUT2D eigenvalue weighted by Crippen LogP contribution is -2.33. The zero-order valence-corrected chi connectivity index (χ0v) is 22.2. The average Bonchev–Trinajstić information content (AvgIpc) is 3.37. The van der Waals surface area contributed by atoms with Crippen molar-refractivity contribution in [3.63, 3.8) is 0 Å². The summed E-state index contributed by atoms with van der Waals surface area (Å²) in [4.78, 5) is 32.8. The molecular formula is C30H29F3N4O3. The van der Waals surface area contributed by atoms with Crippen molar-refractivity contribution in [1.82, 2.24) is 19.8 Å². The second-order valence-corrected chi connectivity index (χ2v) is 10.2. The number of aromatic nitrogens is 2. The maximum atomic E-state index is 13.8. The molecule has 1 N–H and O–H groups in total. The molecular weight excluding hydrogens is 521 g/mol. The Hall–Kier alpha value is -4.18. The van der Waals surface area contributed by atoms with Crippen molar-refractivity contribution in [2.24, 2.45) is 5.92 Å². The number of benzene rings is 2. The van der Waals surface area contributed by atoms with E-state index in [1.807, 2.05) is 24.3 Å². The van der Waals surface area contributed by atoms with Gasteiger partial charge in [0.1, 0.15) is 11.3 Å². The third kappa shape index (κ3) is 5.72. The molecule has 2 aromatic heterocycles. The molecule has 0 spiro atoms. The molecule has 1 fully saturated rings. The molecule has 0 aliphatic carbocycles. The zero-order valence-electron chi connectivity index (χ0n) is 22.2. The number of pyridine rings is 2. The fourth-order valence-corrected chi connectivity index (χ4v) is 5.02. The van der Waals surface area contributed by atoms with Crippen LogP contribution >= 0.6 is 0 Å². The number of nitrogens with one attached hydrogen (secondary N) is 1. The van der Waals surface area contributed by atoms with Crippen molar-refractivity contribution in [2.75, 3.05) is 26.7 Å². The lowest BCUT2D eigenvalue weighted by atomic mass is 10.1. The van der Waals surface area contributed by atoms with Crippen LogP contribution in [0.15, 0.2) is 65.7 Å². The van der Waals surface area contributed by atoms with Crippen LogP contribution in [-0.2, 0) is 6.54 Å². The Kier molecular flexibility index (Phi) is 7.88. The van der Waals surface area contributed by atoms with Gasteiger partial charge in [0.15, 0.2) is 17.5 Å². The van der Waals surface area contributed by atoms with Gasteiger partial charge in [-0.25, -0.2) is 13.2 Å². The first kappa shape index (κ1) is 27.4. The van der Waals surface area contributed by atoms with Crippen LogP contribution in [0, 0.1) is 23.4 Å². The van der Waals surface area contributed by atoms with E-state index in [0.717, 1.165) is 53.9 Å². The SMILES string of the molecule is CC(c1cc(F)c(F)c(F)c1)n1cccc(C(=O)NCc2ccc3nccc(OC[C@H]4CCN(C)C4)c3c2)c1=O. The van der Waals surface area contributed by atoms with Crippen molar-refractivity contribution < 1.29 is 22.7 Å². The van der Waals surface area contributed by atoms with E-state index in [2.05, 4.69) is 22.2 Å². The fraction of sp³-hybridized carbons (Fsp3) is 0.300. The summed E-state index contributed by atoms with van der Waals surface area (Å²) in [7, 11) is 2.10. The van der Waals surface area contributed by atoms with E-state index in [1.54, 1.807) is 6.20 Å². The summed E-state index contributed by atoms with van der Waals surface area (Å²) in [6, 6.07) is 11.1. The van der Waals surface area contributed by atoms with E-state index < -0.39 is 35.0 Å². The molecule has 2 atom stereocenters. The smallest absolute Gasteiger partial charge is 0.263 e.